The summed E-state index contributed by atoms with van der Waals surface area (Å²) in [4.78, 5) is 11.6. The zero-order valence-corrected chi connectivity index (χ0v) is 15.7. The highest BCUT2D eigenvalue weighted by Crippen LogP contribution is 2.18. The van der Waals surface area contributed by atoms with E-state index in [1.807, 2.05) is 20.8 Å². The molecule has 0 heterocycles. The van der Waals surface area contributed by atoms with Gasteiger partial charge in [0.2, 0.25) is 0 Å². The predicted molar refractivity (Wildman–Crippen MR) is 92.6 cm³/mol. The number of nitrogens with one attached hydrogen (secondary N) is 2. The minimum Gasteiger partial charge on any atom is -0.444 e. The summed E-state index contributed by atoms with van der Waals surface area (Å²) in [5.41, 5.74) is -0.419. The van der Waals surface area contributed by atoms with Crippen molar-refractivity contribution in [3.05, 3.63) is 0 Å². The molecule has 0 aromatic carbocycles. The topological polar surface area (TPSA) is 79.8 Å². The Morgan fingerprint density at radius 2 is 1.87 bits per heavy atom. The maximum atomic E-state index is 11.6. The average Bonchev–Trinajstić information content (AvgIpc) is 2.38. The Balaban J connectivity index is 4.03. The molecule has 0 rings (SSSR count). The molecule has 0 aromatic heterocycles. The van der Waals surface area contributed by atoms with E-state index in [9.17, 15) is 4.79 Å². The molecule has 1 atom stereocenters. The van der Waals surface area contributed by atoms with Gasteiger partial charge in [0.1, 0.15) is 5.60 Å². The van der Waals surface area contributed by atoms with E-state index in [4.69, 9.17) is 14.6 Å². The third kappa shape index (κ3) is 13.3. The summed E-state index contributed by atoms with van der Waals surface area (Å²) in [6.07, 6.45) is 2.14. The molecule has 0 radical (unpaired) electrons. The molecule has 138 valence electrons. The second-order valence-corrected chi connectivity index (χ2v) is 7.74. The van der Waals surface area contributed by atoms with E-state index in [0.29, 0.717) is 13.2 Å². The van der Waals surface area contributed by atoms with Crippen molar-refractivity contribution in [2.24, 2.45) is 5.41 Å². The lowest BCUT2D eigenvalue weighted by molar-refractivity contribution is 0.0526. The fourth-order valence-corrected chi connectivity index (χ4v) is 2.11. The highest BCUT2D eigenvalue weighted by atomic mass is 16.6. The van der Waals surface area contributed by atoms with Gasteiger partial charge in [0.05, 0.1) is 6.61 Å². The molecule has 0 saturated heterocycles. The Labute approximate surface area is 141 Å². The largest absolute Gasteiger partial charge is 0.444 e. The van der Waals surface area contributed by atoms with Crippen LogP contribution in [0.4, 0.5) is 4.79 Å². The van der Waals surface area contributed by atoms with Gasteiger partial charge < -0.3 is 25.2 Å². The number of rotatable bonds is 11. The Bertz CT molecular complexity index is 327. The second kappa shape index (κ2) is 10.8. The molecule has 0 bridgehead atoms. The molecule has 23 heavy (non-hydrogen) atoms. The first kappa shape index (κ1) is 22.1. The average molecular weight is 332 g/mol. The van der Waals surface area contributed by atoms with Crippen LogP contribution in [0.25, 0.3) is 0 Å². The fourth-order valence-electron chi connectivity index (χ4n) is 2.11. The van der Waals surface area contributed by atoms with Crippen molar-refractivity contribution in [1.29, 1.82) is 0 Å². The summed E-state index contributed by atoms with van der Waals surface area (Å²) < 4.78 is 10.4. The summed E-state index contributed by atoms with van der Waals surface area (Å²) >= 11 is 0. The third-order valence-corrected chi connectivity index (χ3v) is 3.42. The van der Waals surface area contributed by atoms with Crippen LogP contribution in [0.5, 0.6) is 0 Å². The zero-order valence-electron chi connectivity index (χ0n) is 15.7. The van der Waals surface area contributed by atoms with E-state index in [-0.39, 0.29) is 24.2 Å². The number of alkyl carbamates (subject to hydrolysis) is 1. The van der Waals surface area contributed by atoms with Gasteiger partial charge in [-0.15, -0.1) is 0 Å². The lowest BCUT2D eigenvalue weighted by Gasteiger charge is -2.27. The normalized spacial score (nSPS) is 13.7. The van der Waals surface area contributed by atoms with Crippen molar-refractivity contribution in [3.8, 4) is 0 Å². The van der Waals surface area contributed by atoms with Gasteiger partial charge in [0.15, 0.2) is 0 Å². The van der Waals surface area contributed by atoms with E-state index < -0.39 is 5.60 Å². The lowest BCUT2D eigenvalue weighted by atomic mass is 9.89. The maximum absolute atomic E-state index is 11.6. The van der Waals surface area contributed by atoms with Gasteiger partial charge in [0.25, 0.3) is 0 Å². The molecule has 0 aliphatic carbocycles. The summed E-state index contributed by atoms with van der Waals surface area (Å²) in [5.74, 6) is 0. The van der Waals surface area contributed by atoms with Gasteiger partial charge in [-0.25, -0.2) is 4.79 Å². The number of carbonyl (C=O) groups excluding carboxylic acids is 1. The first-order valence-electron chi connectivity index (χ1n) is 8.39. The van der Waals surface area contributed by atoms with E-state index in [2.05, 4.69) is 24.5 Å². The van der Waals surface area contributed by atoms with Crippen LogP contribution in [0.15, 0.2) is 0 Å². The third-order valence-electron chi connectivity index (χ3n) is 3.42. The first-order valence-corrected chi connectivity index (χ1v) is 8.39. The fraction of sp³-hybridized carbons (Fsp3) is 0.941. The van der Waals surface area contributed by atoms with E-state index in [1.54, 1.807) is 7.11 Å². The van der Waals surface area contributed by atoms with Crippen LogP contribution >= 0.6 is 0 Å². The minimum atomic E-state index is -0.470. The Morgan fingerprint density at radius 3 is 2.39 bits per heavy atom. The molecule has 0 saturated carbocycles. The number of hydrogen-bond acceptors (Lipinski definition) is 5. The van der Waals surface area contributed by atoms with Crippen LogP contribution in [-0.4, -0.2) is 56.3 Å². The smallest absolute Gasteiger partial charge is 0.407 e. The van der Waals surface area contributed by atoms with Gasteiger partial charge in [-0.05, 0) is 45.4 Å². The minimum absolute atomic E-state index is 0.0511. The summed E-state index contributed by atoms with van der Waals surface area (Å²) in [5, 5.41) is 15.3. The van der Waals surface area contributed by atoms with Gasteiger partial charge in [-0.3, -0.25) is 0 Å². The van der Waals surface area contributed by atoms with Crippen LogP contribution < -0.4 is 10.6 Å². The predicted octanol–water partition coefficient (Wildman–Crippen LogP) is 2.30. The number of carbonyl (C=O) groups is 1. The second-order valence-electron chi connectivity index (χ2n) is 7.74. The number of hydrogen-bond donors (Lipinski definition) is 3. The van der Waals surface area contributed by atoms with E-state index in [1.165, 1.54) is 0 Å². The van der Waals surface area contributed by atoms with Crippen molar-refractivity contribution in [3.63, 3.8) is 0 Å². The highest BCUT2D eigenvalue weighted by molar-refractivity contribution is 5.67. The van der Waals surface area contributed by atoms with Gasteiger partial charge in [-0.1, -0.05) is 13.8 Å². The van der Waals surface area contributed by atoms with Crippen molar-refractivity contribution >= 4 is 6.09 Å². The molecule has 6 heteroatoms. The Kier molecular flexibility index (Phi) is 10.4. The molecule has 6 nitrogen and oxygen atoms in total. The monoisotopic (exact) mass is 332 g/mol. The van der Waals surface area contributed by atoms with Crippen molar-refractivity contribution < 1.29 is 19.4 Å². The molecular weight excluding hydrogens is 296 g/mol. The van der Waals surface area contributed by atoms with Crippen LogP contribution in [0.1, 0.15) is 53.9 Å². The molecule has 3 N–H and O–H groups in total. The van der Waals surface area contributed by atoms with Crippen LogP contribution in [0.2, 0.25) is 0 Å². The number of amides is 1. The molecule has 0 aliphatic rings. The number of aliphatic hydroxyl groups excluding tert-OH is 1. The number of aliphatic hydroxyl groups is 1. The highest BCUT2D eigenvalue weighted by Gasteiger charge is 2.19. The lowest BCUT2D eigenvalue weighted by Crippen LogP contribution is -2.40. The van der Waals surface area contributed by atoms with Crippen LogP contribution in [-0.2, 0) is 9.47 Å². The molecule has 0 aliphatic heterocycles. The van der Waals surface area contributed by atoms with E-state index in [0.717, 1.165) is 25.8 Å². The van der Waals surface area contributed by atoms with Crippen molar-refractivity contribution in [2.45, 2.75) is 65.5 Å². The summed E-state index contributed by atoms with van der Waals surface area (Å²) in [7, 11) is 1.69. The zero-order chi connectivity index (χ0) is 17.9. The molecular formula is C17H36N2O4. The first-order chi connectivity index (χ1) is 10.6. The van der Waals surface area contributed by atoms with Crippen LogP contribution in [0, 0.1) is 5.41 Å². The molecule has 1 amide bonds. The maximum Gasteiger partial charge on any atom is 0.407 e. The summed E-state index contributed by atoms with van der Waals surface area (Å²) in [6.45, 7) is 12.0. The number of methoxy groups -OCH3 is 1. The Morgan fingerprint density at radius 1 is 1.22 bits per heavy atom. The summed E-state index contributed by atoms with van der Waals surface area (Å²) in [6, 6.07) is 0.235. The van der Waals surface area contributed by atoms with Crippen molar-refractivity contribution in [1.82, 2.24) is 10.6 Å². The van der Waals surface area contributed by atoms with Gasteiger partial charge in [0, 0.05) is 32.8 Å². The van der Waals surface area contributed by atoms with Crippen molar-refractivity contribution in [2.75, 3.05) is 33.4 Å². The standard InChI is InChI=1S/C17H36N2O4/c1-16(2,3)23-15(21)18-10-7-8-14(12-22-6)19-13-17(4,5)9-11-20/h14,19-20H,7-13H2,1-6H3,(H,18,21). The molecule has 1 unspecified atom stereocenters. The number of ether oxygens (including phenoxy) is 2. The van der Waals surface area contributed by atoms with Crippen LogP contribution in [0.3, 0.4) is 0 Å². The SMILES string of the molecule is COCC(CCCNC(=O)OC(C)(C)C)NCC(C)(C)CCO. The molecule has 0 fully saturated rings. The van der Waals surface area contributed by atoms with E-state index >= 15 is 0 Å². The quantitative estimate of drug-likeness (QED) is 0.506. The van der Waals surface area contributed by atoms with Gasteiger partial charge >= 0.3 is 6.09 Å². The Hall–Kier alpha value is -0.850. The molecule has 0 aromatic rings. The van der Waals surface area contributed by atoms with Gasteiger partial charge in [-0.2, -0.15) is 0 Å². The molecule has 0 spiro atoms.